The van der Waals surface area contributed by atoms with Crippen LogP contribution < -0.4 is 4.90 Å². The molecule has 4 heteroatoms. The average Bonchev–Trinajstić information content (AvgIpc) is 2.30. The minimum Gasteiger partial charge on any atom is -0.361 e. The first-order chi connectivity index (χ1) is 5.15. The van der Waals surface area contributed by atoms with E-state index in [0.717, 1.165) is 10.8 Å². The van der Waals surface area contributed by atoms with Crippen molar-refractivity contribution in [2.45, 2.75) is 6.92 Å². The van der Waals surface area contributed by atoms with Crippen molar-refractivity contribution in [3.05, 3.63) is 9.88 Å². The third kappa shape index (κ3) is 1.49. The van der Waals surface area contributed by atoms with Gasteiger partial charge in [0.2, 0.25) is 0 Å². The summed E-state index contributed by atoms with van der Waals surface area (Å²) >= 11 is 1.43. The monoisotopic (exact) mass is 167 g/mol. The molecule has 0 aliphatic rings. The lowest BCUT2D eigenvalue weighted by Gasteiger charge is -2.07. The van der Waals surface area contributed by atoms with E-state index < -0.39 is 0 Å². The molecule has 0 saturated carbocycles. The van der Waals surface area contributed by atoms with E-state index in [4.69, 9.17) is 5.26 Å². The van der Waals surface area contributed by atoms with Crippen LogP contribution in [-0.4, -0.2) is 19.1 Å². The number of anilines is 1. The van der Waals surface area contributed by atoms with Crippen LogP contribution in [0.15, 0.2) is 0 Å². The van der Waals surface area contributed by atoms with Crippen molar-refractivity contribution >= 4 is 17.2 Å². The number of hydrogen-bond donors (Lipinski definition) is 0. The second-order valence-corrected chi connectivity index (χ2v) is 3.60. The molecule has 0 amide bonds. The van der Waals surface area contributed by atoms with Gasteiger partial charge in [-0.25, -0.2) is 4.98 Å². The zero-order valence-electron chi connectivity index (χ0n) is 6.75. The molecular weight excluding hydrogens is 158 g/mol. The Morgan fingerprint density at radius 3 is 2.55 bits per heavy atom. The fourth-order valence-corrected chi connectivity index (χ4v) is 1.58. The largest absolute Gasteiger partial charge is 0.361 e. The molecule has 0 unspecified atom stereocenters. The Hall–Kier alpha value is -1.08. The molecule has 0 bridgehead atoms. The van der Waals surface area contributed by atoms with Crippen molar-refractivity contribution in [2.75, 3.05) is 19.0 Å². The number of aryl methyl sites for hydroxylation is 1. The van der Waals surface area contributed by atoms with Crippen LogP contribution in [0.4, 0.5) is 5.82 Å². The van der Waals surface area contributed by atoms with E-state index in [1.165, 1.54) is 11.3 Å². The van der Waals surface area contributed by atoms with Crippen molar-refractivity contribution in [2.24, 2.45) is 0 Å². The van der Waals surface area contributed by atoms with Crippen LogP contribution >= 0.6 is 11.3 Å². The third-order valence-corrected chi connectivity index (χ3v) is 2.11. The predicted molar refractivity (Wildman–Crippen MR) is 45.9 cm³/mol. The van der Waals surface area contributed by atoms with Gasteiger partial charge in [0, 0.05) is 14.1 Å². The second kappa shape index (κ2) is 2.89. The second-order valence-electron chi connectivity index (χ2n) is 2.39. The first-order valence-electron chi connectivity index (χ1n) is 3.20. The molecule has 0 N–H and O–H groups in total. The maximum atomic E-state index is 8.67. The standard InChI is InChI=1S/C7H9N3S/c1-5-9-7(10(2)3)6(4-8)11-5/h1-3H3. The molecule has 0 aliphatic carbocycles. The summed E-state index contributed by atoms with van der Waals surface area (Å²) in [5.74, 6) is 0.773. The lowest BCUT2D eigenvalue weighted by Crippen LogP contribution is -2.10. The first-order valence-corrected chi connectivity index (χ1v) is 4.01. The first kappa shape index (κ1) is 8.02. The van der Waals surface area contributed by atoms with Gasteiger partial charge < -0.3 is 4.90 Å². The van der Waals surface area contributed by atoms with Gasteiger partial charge in [-0.2, -0.15) is 5.26 Å². The molecule has 0 aliphatic heterocycles. The molecule has 0 aromatic carbocycles. The van der Waals surface area contributed by atoms with Gasteiger partial charge in [0.15, 0.2) is 5.82 Å². The van der Waals surface area contributed by atoms with Crippen LogP contribution in [0.2, 0.25) is 0 Å². The van der Waals surface area contributed by atoms with Crippen LogP contribution in [0.25, 0.3) is 0 Å². The molecule has 0 fully saturated rings. The van der Waals surface area contributed by atoms with Gasteiger partial charge in [-0.1, -0.05) is 0 Å². The van der Waals surface area contributed by atoms with E-state index in [1.807, 2.05) is 25.9 Å². The smallest absolute Gasteiger partial charge is 0.157 e. The predicted octanol–water partition coefficient (Wildman–Crippen LogP) is 1.39. The Labute approximate surface area is 69.9 Å². The fraction of sp³-hybridized carbons (Fsp3) is 0.429. The van der Waals surface area contributed by atoms with E-state index in [0.29, 0.717) is 4.88 Å². The molecule has 1 rings (SSSR count). The Bertz CT molecular complexity index is 295. The Morgan fingerprint density at radius 2 is 2.18 bits per heavy atom. The van der Waals surface area contributed by atoms with Gasteiger partial charge in [0.05, 0.1) is 5.01 Å². The lowest BCUT2D eigenvalue weighted by molar-refractivity contribution is 1.07. The topological polar surface area (TPSA) is 39.9 Å². The molecular formula is C7H9N3S. The zero-order chi connectivity index (χ0) is 8.43. The Balaban J connectivity index is 3.15. The maximum Gasteiger partial charge on any atom is 0.157 e. The van der Waals surface area contributed by atoms with Crippen LogP contribution in [-0.2, 0) is 0 Å². The SMILES string of the molecule is Cc1nc(N(C)C)c(C#N)s1. The highest BCUT2D eigenvalue weighted by Crippen LogP contribution is 2.22. The summed E-state index contributed by atoms with van der Waals surface area (Å²) in [4.78, 5) is 6.74. The van der Waals surface area contributed by atoms with Crippen LogP contribution in [0.3, 0.4) is 0 Å². The highest BCUT2D eigenvalue weighted by Gasteiger charge is 2.08. The average molecular weight is 167 g/mol. The summed E-state index contributed by atoms with van der Waals surface area (Å²) in [6.45, 7) is 1.90. The van der Waals surface area contributed by atoms with Gasteiger partial charge in [-0.15, -0.1) is 11.3 Å². The summed E-state index contributed by atoms with van der Waals surface area (Å²) < 4.78 is 0. The van der Waals surface area contributed by atoms with E-state index in [1.54, 1.807) is 0 Å². The van der Waals surface area contributed by atoms with Gasteiger partial charge in [-0.05, 0) is 6.92 Å². The van der Waals surface area contributed by atoms with E-state index in [-0.39, 0.29) is 0 Å². The summed E-state index contributed by atoms with van der Waals surface area (Å²) in [5.41, 5.74) is 0. The number of nitriles is 1. The molecule has 0 radical (unpaired) electrons. The molecule has 3 nitrogen and oxygen atoms in total. The molecule has 0 saturated heterocycles. The van der Waals surface area contributed by atoms with Crippen molar-refractivity contribution in [3.63, 3.8) is 0 Å². The van der Waals surface area contributed by atoms with Gasteiger partial charge in [0.25, 0.3) is 0 Å². The number of aromatic nitrogens is 1. The van der Waals surface area contributed by atoms with Crippen molar-refractivity contribution in [1.29, 1.82) is 5.26 Å². The van der Waals surface area contributed by atoms with Crippen LogP contribution in [0.1, 0.15) is 9.88 Å². The number of rotatable bonds is 1. The molecule has 1 aromatic heterocycles. The molecule has 11 heavy (non-hydrogen) atoms. The third-order valence-electron chi connectivity index (χ3n) is 1.24. The number of thiazole rings is 1. The van der Waals surface area contributed by atoms with Gasteiger partial charge in [0.1, 0.15) is 10.9 Å². The number of nitrogens with zero attached hydrogens (tertiary/aromatic N) is 3. The minimum atomic E-state index is 0.688. The van der Waals surface area contributed by atoms with Gasteiger partial charge in [-0.3, -0.25) is 0 Å². The van der Waals surface area contributed by atoms with E-state index in [9.17, 15) is 0 Å². The molecule has 0 atom stereocenters. The summed E-state index contributed by atoms with van der Waals surface area (Å²) in [6, 6.07) is 2.11. The van der Waals surface area contributed by atoms with Crippen LogP contribution in [0.5, 0.6) is 0 Å². The van der Waals surface area contributed by atoms with E-state index >= 15 is 0 Å². The quantitative estimate of drug-likeness (QED) is 0.634. The normalized spacial score (nSPS) is 9.27. The molecule has 1 heterocycles. The number of hydrogen-bond acceptors (Lipinski definition) is 4. The van der Waals surface area contributed by atoms with Crippen molar-refractivity contribution < 1.29 is 0 Å². The van der Waals surface area contributed by atoms with Crippen molar-refractivity contribution in [1.82, 2.24) is 4.98 Å². The van der Waals surface area contributed by atoms with E-state index in [2.05, 4.69) is 11.1 Å². The van der Waals surface area contributed by atoms with Crippen LogP contribution in [0, 0.1) is 18.3 Å². The Kier molecular flexibility index (Phi) is 2.11. The Morgan fingerprint density at radius 1 is 1.55 bits per heavy atom. The summed E-state index contributed by atoms with van der Waals surface area (Å²) in [7, 11) is 3.77. The highest BCUT2D eigenvalue weighted by atomic mass is 32.1. The molecule has 1 aromatic rings. The zero-order valence-corrected chi connectivity index (χ0v) is 7.57. The molecule has 58 valence electrons. The summed E-state index contributed by atoms with van der Waals surface area (Å²) in [5, 5.41) is 9.61. The minimum absolute atomic E-state index is 0.688. The maximum absolute atomic E-state index is 8.67. The fourth-order valence-electron chi connectivity index (χ4n) is 0.792. The summed E-state index contributed by atoms with van der Waals surface area (Å²) in [6.07, 6.45) is 0. The lowest BCUT2D eigenvalue weighted by atomic mass is 10.5. The highest BCUT2D eigenvalue weighted by molar-refractivity contribution is 7.12. The van der Waals surface area contributed by atoms with Crippen molar-refractivity contribution in [3.8, 4) is 6.07 Å². The molecule has 0 spiro atoms. The van der Waals surface area contributed by atoms with Gasteiger partial charge >= 0.3 is 0 Å².